The summed E-state index contributed by atoms with van der Waals surface area (Å²) in [4.78, 5) is 11.1. The molecule has 0 unspecified atom stereocenters. The highest BCUT2D eigenvalue weighted by atomic mass is 16.4. The van der Waals surface area contributed by atoms with Crippen LogP contribution in [-0.2, 0) is 4.79 Å². The van der Waals surface area contributed by atoms with Gasteiger partial charge < -0.3 is 5.11 Å². The van der Waals surface area contributed by atoms with E-state index >= 15 is 0 Å². The molecule has 0 aliphatic carbocycles. The van der Waals surface area contributed by atoms with Crippen molar-refractivity contribution in [3.63, 3.8) is 0 Å². The molecule has 0 bridgehead atoms. The van der Waals surface area contributed by atoms with Crippen LogP contribution >= 0.6 is 0 Å². The Morgan fingerprint density at radius 3 is 2.06 bits per heavy atom. The molecule has 0 saturated heterocycles. The van der Waals surface area contributed by atoms with Crippen LogP contribution in [0.4, 0.5) is 0 Å². The molecule has 0 aliphatic rings. The molecule has 0 radical (unpaired) electrons. The first kappa shape index (κ1) is 16.2. The largest absolute Gasteiger partial charge is 0.478 e. The van der Waals surface area contributed by atoms with Gasteiger partial charge in [-0.15, -0.1) is 0 Å². The van der Waals surface area contributed by atoms with E-state index in [1.807, 2.05) is 26.8 Å². The van der Waals surface area contributed by atoms with Crippen LogP contribution in [0.3, 0.4) is 0 Å². The fraction of sp³-hybridized carbons (Fsp3) is 0.800. The summed E-state index contributed by atoms with van der Waals surface area (Å²) in [7, 11) is 0. The molecule has 0 aromatic rings. The van der Waals surface area contributed by atoms with Gasteiger partial charge in [-0.1, -0.05) is 65.9 Å². The zero-order chi connectivity index (χ0) is 13.3. The number of aliphatic carboxylic acids is 1. The predicted molar refractivity (Wildman–Crippen MR) is 73.2 cm³/mol. The molecule has 0 fully saturated rings. The van der Waals surface area contributed by atoms with Crippen LogP contribution in [0, 0.1) is 5.41 Å². The Kier molecular flexibility index (Phi) is 7.94. The third kappa shape index (κ3) is 10.1. The second-order valence-electron chi connectivity index (χ2n) is 5.86. The third-order valence-corrected chi connectivity index (χ3v) is 2.68. The molecule has 0 spiro atoms. The van der Waals surface area contributed by atoms with Gasteiger partial charge in [-0.25, -0.2) is 4.79 Å². The lowest BCUT2D eigenvalue weighted by Gasteiger charge is -2.14. The minimum Gasteiger partial charge on any atom is -0.478 e. The van der Waals surface area contributed by atoms with Crippen molar-refractivity contribution in [2.75, 3.05) is 0 Å². The minimum absolute atomic E-state index is 0.0457. The third-order valence-electron chi connectivity index (χ3n) is 2.68. The van der Waals surface area contributed by atoms with Gasteiger partial charge in [-0.05, 0) is 18.3 Å². The Balaban J connectivity index is 3.96. The SMILES string of the molecule is CCCCCCCCC(=CC(C)(C)C)C(=O)O. The van der Waals surface area contributed by atoms with Crippen molar-refractivity contribution in [2.24, 2.45) is 5.41 Å². The van der Waals surface area contributed by atoms with E-state index in [0.29, 0.717) is 12.0 Å². The normalized spacial score (nSPS) is 12.8. The van der Waals surface area contributed by atoms with Crippen molar-refractivity contribution in [1.29, 1.82) is 0 Å². The Hall–Kier alpha value is -0.790. The number of unbranched alkanes of at least 4 members (excludes halogenated alkanes) is 5. The summed E-state index contributed by atoms with van der Waals surface area (Å²) in [5.74, 6) is -0.756. The molecule has 0 amide bonds. The first-order valence-electron chi connectivity index (χ1n) is 6.82. The highest BCUT2D eigenvalue weighted by Crippen LogP contribution is 2.21. The van der Waals surface area contributed by atoms with Crippen molar-refractivity contribution < 1.29 is 9.90 Å². The van der Waals surface area contributed by atoms with E-state index in [1.165, 1.54) is 25.7 Å². The highest BCUT2D eigenvalue weighted by molar-refractivity contribution is 5.86. The summed E-state index contributed by atoms with van der Waals surface area (Å²) in [5, 5.41) is 9.11. The quantitative estimate of drug-likeness (QED) is 0.489. The molecule has 0 aromatic heterocycles. The molecule has 1 N–H and O–H groups in total. The number of carboxylic acids is 1. The van der Waals surface area contributed by atoms with E-state index < -0.39 is 5.97 Å². The van der Waals surface area contributed by atoms with Gasteiger partial charge in [0, 0.05) is 5.57 Å². The fourth-order valence-electron chi connectivity index (χ4n) is 1.86. The fourth-order valence-corrected chi connectivity index (χ4v) is 1.86. The van der Waals surface area contributed by atoms with E-state index in [9.17, 15) is 4.79 Å². The van der Waals surface area contributed by atoms with E-state index in [4.69, 9.17) is 5.11 Å². The molecule has 2 heteroatoms. The molecule has 100 valence electrons. The number of rotatable bonds is 8. The van der Waals surface area contributed by atoms with E-state index in [1.54, 1.807) is 0 Å². The maximum atomic E-state index is 11.1. The summed E-state index contributed by atoms with van der Waals surface area (Å²) in [5.41, 5.74) is 0.531. The zero-order valence-corrected chi connectivity index (χ0v) is 11.9. The average Bonchev–Trinajstić information content (AvgIpc) is 2.19. The number of allylic oxidation sites excluding steroid dienone is 1. The highest BCUT2D eigenvalue weighted by Gasteiger charge is 2.13. The second-order valence-corrected chi connectivity index (χ2v) is 5.86. The molecule has 17 heavy (non-hydrogen) atoms. The van der Waals surface area contributed by atoms with Crippen LogP contribution in [-0.4, -0.2) is 11.1 Å². The van der Waals surface area contributed by atoms with Gasteiger partial charge in [0.15, 0.2) is 0 Å². The summed E-state index contributed by atoms with van der Waals surface area (Å²) in [6.07, 6.45) is 9.80. The van der Waals surface area contributed by atoms with Crippen molar-refractivity contribution in [3.8, 4) is 0 Å². The van der Waals surface area contributed by atoms with Crippen LogP contribution in [0.1, 0.15) is 72.6 Å². The Morgan fingerprint density at radius 2 is 1.59 bits per heavy atom. The van der Waals surface area contributed by atoms with Gasteiger partial charge in [0.2, 0.25) is 0 Å². The molecule has 2 nitrogen and oxygen atoms in total. The van der Waals surface area contributed by atoms with Crippen molar-refractivity contribution in [3.05, 3.63) is 11.6 Å². The van der Waals surface area contributed by atoms with Crippen molar-refractivity contribution in [1.82, 2.24) is 0 Å². The Bertz CT molecular complexity index is 246. The first-order valence-corrected chi connectivity index (χ1v) is 6.82. The van der Waals surface area contributed by atoms with Gasteiger partial charge >= 0.3 is 5.97 Å². The summed E-state index contributed by atoms with van der Waals surface area (Å²) >= 11 is 0. The van der Waals surface area contributed by atoms with Gasteiger partial charge in [-0.3, -0.25) is 0 Å². The van der Waals surface area contributed by atoms with Crippen molar-refractivity contribution >= 4 is 5.97 Å². The molecular weight excluding hydrogens is 212 g/mol. The number of hydrogen-bond acceptors (Lipinski definition) is 1. The van der Waals surface area contributed by atoms with Gasteiger partial charge in [0.1, 0.15) is 0 Å². The average molecular weight is 240 g/mol. The number of carboxylic acid groups (broad SMARTS) is 1. The Labute approximate surface area is 106 Å². The van der Waals surface area contributed by atoms with E-state index in [2.05, 4.69) is 6.92 Å². The number of hydrogen-bond donors (Lipinski definition) is 1. The van der Waals surface area contributed by atoms with Crippen LogP contribution in [0.25, 0.3) is 0 Å². The summed E-state index contributed by atoms with van der Waals surface area (Å²) in [6.45, 7) is 8.32. The van der Waals surface area contributed by atoms with Crippen molar-refractivity contribution in [2.45, 2.75) is 72.6 Å². The number of carbonyl (C=O) groups is 1. The van der Waals surface area contributed by atoms with Crippen LogP contribution in [0.5, 0.6) is 0 Å². The monoisotopic (exact) mass is 240 g/mol. The summed E-state index contributed by atoms with van der Waals surface area (Å²) in [6, 6.07) is 0. The molecule has 0 heterocycles. The lowest BCUT2D eigenvalue weighted by Crippen LogP contribution is -2.08. The van der Waals surface area contributed by atoms with Crippen LogP contribution in [0.2, 0.25) is 0 Å². The maximum absolute atomic E-state index is 11.1. The van der Waals surface area contributed by atoms with Crippen LogP contribution < -0.4 is 0 Å². The smallest absolute Gasteiger partial charge is 0.331 e. The van der Waals surface area contributed by atoms with Gasteiger partial charge in [0.25, 0.3) is 0 Å². The lowest BCUT2D eigenvalue weighted by atomic mass is 9.91. The zero-order valence-electron chi connectivity index (χ0n) is 11.9. The van der Waals surface area contributed by atoms with Crippen LogP contribution in [0.15, 0.2) is 11.6 Å². The first-order chi connectivity index (χ1) is 7.87. The van der Waals surface area contributed by atoms with E-state index in [0.717, 1.165) is 12.8 Å². The molecule has 0 saturated carbocycles. The van der Waals surface area contributed by atoms with Gasteiger partial charge in [0.05, 0.1) is 0 Å². The lowest BCUT2D eigenvalue weighted by molar-refractivity contribution is -0.132. The van der Waals surface area contributed by atoms with Gasteiger partial charge in [-0.2, -0.15) is 0 Å². The second kappa shape index (κ2) is 8.32. The maximum Gasteiger partial charge on any atom is 0.331 e. The predicted octanol–water partition coefficient (Wildman–Crippen LogP) is 4.79. The molecule has 0 rings (SSSR count). The molecule has 0 aliphatic heterocycles. The molecule has 0 atom stereocenters. The standard InChI is InChI=1S/C15H28O2/c1-5-6-7-8-9-10-11-13(14(16)17)12-15(2,3)4/h12H,5-11H2,1-4H3,(H,16,17). The Morgan fingerprint density at radius 1 is 1.06 bits per heavy atom. The minimum atomic E-state index is -0.756. The summed E-state index contributed by atoms with van der Waals surface area (Å²) < 4.78 is 0. The molecule has 0 aromatic carbocycles. The van der Waals surface area contributed by atoms with E-state index in [-0.39, 0.29) is 5.41 Å². The molecular formula is C15H28O2. The topological polar surface area (TPSA) is 37.3 Å².